The van der Waals surface area contributed by atoms with Gasteiger partial charge in [0.1, 0.15) is 0 Å². The van der Waals surface area contributed by atoms with Crippen LogP contribution in [0.3, 0.4) is 0 Å². The summed E-state index contributed by atoms with van der Waals surface area (Å²) < 4.78 is 1.82. The van der Waals surface area contributed by atoms with E-state index >= 15 is 0 Å². The number of aliphatic imine (C=N–C) groups is 1. The molecule has 0 atom stereocenters. The highest BCUT2D eigenvalue weighted by Gasteiger charge is 2.10. The second-order valence-electron chi connectivity index (χ2n) is 6.18. The molecule has 2 aromatic rings. The van der Waals surface area contributed by atoms with E-state index in [1.54, 1.807) is 0 Å². The minimum atomic E-state index is 0. The highest BCUT2D eigenvalue weighted by molar-refractivity contribution is 14.0. The summed E-state index contributed by atoms with van der Waals surface area (Å²) in [5.41, 5.74) is 9.64. The molecule has 0 unspecified atom stereocenters. The summed E-state index contributed by atoms with van der Waals surface area (Å²) >= 11 is 0. The van der Waals surface area contributed by atoms with Gasteiger partial charge < -0.3 is 10.6 Å². The van der Waals surface area contributed by atoms with Crippen molar-refractivity contribution in [3.05, 3.63) is 42.2 Å². The number of likely N-dealkylation sites (tertiary alicyclic amines) is 1. The molecule has 3 rings (SSSR count). The third kappa shape index (κ3) is 4.96. The molecule has 2 N–H and O–H groups in total. The van der Waals surface area contributed by atoms with Gasteiger partial charge in [-0.05, 0) is 30.0 Å². The van der Waals surface area contributed by atoms with E-state index in [1.165, 1.54) is 36.8 Å². The first-order valence-electron chi connectivity index (χ1n) is 8.35. The van der Waals surface area contributed by atoms with Crippen LogP contribution in [-0.4, -0.2) is 33.7 Å². The van der Waals surface area contributed by atoms with Gasteiger partial charge in [0.25, 0.3) is 0 Å². The van der Waals surface area contributed by atoms with Crippen molar-refractivity contribution >= 4 is 29.9 Å². The number of nitrogens with two attached hydrogens (primary N) is 1. The van der Waals surface area contributed by atoms with Crippen LogP contribution in [0.15, 0.2) is 41.7 Å². The number of aryl methyl sites for hydroxylation is 1. The van der Waals surface area contributed by atoms with Gasteiger partial charge in [0.05, 0.1) is 12.7 Å². The number of rotatable bonds is 3. The zero-order valence-corrected chi connectivity index (χ0v) is 16.5. The molecule has 1 fully saturated rings. The molecule has 1 aromatic heterocycles. The van der Waals surface area contributed by atoms with Crippen molar-refractivity contribution in [1.82, 2.24) is 14.7 Å². The number of guanidine groups is 1. The van der Waals surface area contributed by atoms with E-state index in [9.17, 15) is 0 Å². The van der Waals surface area contributed by atoms with E-state index < -0.39 is 0 Å². The molecule has 6 heteroatoms. The summed E-state index contributed by atoms with van der Waals surface area (Å²) in [5.74, 6) is 0.679. The lowest BCUT2D eigenvalue weighted by Gasteiger charge is -2.21. The molecule has 130 valence electrons. The van der Waals surface area contributed by atoms with Gasteiger partial charge >= 0.3 is 0 Å². The first kappa shape index (κ1) is 18.8. The fourth-order valence-corrected chi connectivity index (χ4v) is 2.99. The predicted molar refractivity (Wildman–Crippen MR) is 109 cm³/mol. The molecule has 1 saturated heterocycles. The molecule has 1 aliphatic rings. The van der Waals surface area contributed by atoms with Gasteiger partial charge in [0, 0.05) is 31.9 Å². The number of aromatic nitrogens is 2. The second kappa shape index (κ2) is 9.05. The summed E-state index contributed by atoms with van der Waals surface area (Å²) in [6, 6.07) is 8.42. The maximum absolute atomic E-state index is 6.18. The average molecular weight is 439 g/mol. The first-order chi connectivity index (χ1) is 11.2. The molecule has 1 aliphatic heterocycles. The summed E-state index contributed by atoms with van der Waals surface area (Å²) in [7, 11) is 1.93. The second-order valence-corrected chi connectivity index (χ2v) is 6.18. The standard InChI is InChI=1S/C18H25N5.HI/c1-22-14-17(13-21-22)16-8-6-7-15(11-16)12-20-18(19)23-9-4-2-3-5-10-23;/h6-8,11,13-14H,2-5,9-10,12H2,1H3,(H2,19,20);1H. The van der Waals surface area contributed by atoms with Crippen molar-refractivity contribution < 1.29 is 0 Å². The van der Waals surface area contributed by atoms with Crippen LogP contribution in [0.1, 0.15) is 31.2 Å². The van der Waals surface area contributed by atoms with Gasteiger partial charge in [-0.2, -0.15) is 5.10 Å². The molecular weight excluding hydrogens is 413 g/mol. The zero-order valence-electron chi connectivity index (χ0n) is 14.2. The Bertz CT molecular complexity index is 672. The normalized spacial score (nSPS) is 15.7. The Hall–Kier alpha value is -1.57. The lowest BCUT2D eigenvalue weighted by molar-refractivity contribution is 0.428. The van der Waals surface area contributed by atoms with E-state index in [0.29, 0.717) is 12.5 Å². The van der Waals surface area contributed by atoms with Crippen LogP contribution in [0.2, 0.25) is 0 Å². The Morgan fingerprint density at radius 1 is 1.17 bits per heavy atom. The Labute approximate surface area is 161 Å². The third-order valence-electron chi connectivity index (χ3n) is 4.32. The number of nitrogens with zero attached hydrogens (tertiary/aromatic N) is 4. The fourth-order valence-electron chi connectivity index (χ4n) is 2.99. The molecule has 0 aliphatic carbocycles. The third-order valence-corrected chi connectivity index (χ3v) is 4.32. The number of benzene rings is 1. The van der Waals surface area contributed by atoms with Gasteiger partial charge in [-0.3, -0.25) is 4.68 Å². The largest absolute Gasteiger partial charge is 0.370 e. The van der Waals surface area contributed by atoms with Crippen LogP contribution in [-0.2, 0) is 13.6 Å². The van der Waals surface area contributed by atoms with Gasteiger partial charge in [0.2, 0.25) is 0 Å². The molecule has 5 nitrogen and oxygen atoms in total. The van der Waals surface area contributed by atoms with Gasteiger partial charge in [-0.15, -0.1) is 24.0 Å². The van der Waals surface area contributed by atoms with Crippen molar-refractivity contribution in [3.63, 3.8) is 0 Å². The minimum Gasteiger partial charge on any atom is -0.370 e. The molecule has 0 radical (unpaired) electrons. The number of hydrogen-bond donors (Lipinski definition) is 1. The highest BCUT2D eigenvalue weighted by Crippen LogP contribution is 2.20. The van der Waals surface area contributed by atoms with Crippen LogP contribution in [0.5, 0.6) is 0 Å². The van der Waals surface area contributed by atoms with Crippen molar-refractivity contribution in [3.8, 4) is 11.1 Å². The molecule has 0 bridgehead atoms. The minimum absolute atomic E-state index is 0. The fraction of sp³-hybridized carbons (Fsp3) is 0.444. The summed E-state index contributed by atoms with van der Waals surface area (Å²) in [6.45, 7) is 2.69. The van der Waals surface area contributed by atoms with E-state index in [1.807, 2.05) is 24.1 Å². The lowest BCUT2D eigenvalue weighted by Crippen LogP contribution is -2.38. The summed E-state index contributed by atoms with van der Waals surface area (Å²) in [6.07, 6.45) is 8.94. The Morgan fingerprint density at radius 2 is 1.92 bits per heavy atom. The van der Waals surface area contributed by atoms with Crippen LogP contribution >= 0.6 is 24.0 Å². The quantitative estimate of drug-likeness (QED) is 0.453. The van der Waals surface area contributed by atoms with Gasteiger partial charge in [-0.25, -0.2) is 4.99 Å². The SMILES string of the molecule is Cn1cc(-c2cccc(CN=C(N)N3CCCCCC3)c2)cn1.I. The lowest BCUT2D eigenvalue weighted by atomic mass is 10.1. The summed E-state index contributed by atoms with van der Waals surface area (Å²) in [5, 5.41) is 4.23. The predicted octanol–water partition coefficient (Wildman–Crippen LogP) is 3.40. The number of hydrogen-bond acceptors (Lipinski definition) is 2. The molecule has 1 aromatic carbocycles. The van der Waals surface area contributed by atoms with Crippen LogP contribution in [0.4, 0.5) is 0 Å². The molecular formula is C18H26IN5. The van der Waals surface area contributed by atoms with Crippen LogP contribution in [0, 0.1) is 0 Å². The monoisotopic (exact) mass is 439 g/mol. The molecule has 0 amide bonds. The van der Waals surface area contributed by atoms with E-state index in [0.717, 1.165) is 18.7 Å². The van der Waals surface area contributed by atoms with E-state index in [4.69, 9.17) is 5.73 Å². The molecule has 0 spiro atoms. The zero-order chi connectivity index (χ0) is 16.1. The maximum atomic E-state index is 6.18. The van der Waals surface area contributed by atoms with Gasteiger partial charge in [-0.1, -0.05) is 31.0 Å². The van der Waals surface area contributed by atoms with Crippen molar-refractivity contribution in [2.45, 2.75) is 32.2 Å². The average Bonchev–Trinajstić information content (AvgIpc) is 2.84. The van der Waals surface area contributed by atoms with E-state index in [2.05, 4.69) is 39.3 Å². The van der Waals surface area contributed by atoms with Crippen molar-refractivity contribution in [2.75, 3.05) is 13.1 Å². The molecule has 2 heterocycles. The topological polar surface area (TPSA) is 59.4 Å². The highest BCUT2D eigenvalue weighted by atomic mass is 127. The van der Waals surface area contributed by atoms with Gasteiger partial charge in [0.15, 0.2) is 5.96 Å². The Kier molecular flexibility index (Phi) is 7.08. The maximum Gasteiger partial charge on any atom is 0.191 e. The smallest absolute Gasteiger partial charge is 0.191 e. The molecule has 0 saturated carbocycles. The van der Waals surface area contributed by atoms with Crippen LogP contribution in [0.25, 0.3) is 11.1 Å². The molecule has 24 heavy (non-hydrogen) atoms. The number of halogens is 1. The van der Waals surface area contributed by atoms with Crippen LogP contribution < -0.4 is 5.73 Å². The van der Waals surface area contributed by atoms with Crippen molar-refractivity contribution in [1.29, 1.82) is 0 Å². The van der Waals surface area contributed by atoms with Crippen molar-refractivity contribution in [2.24, 2.45) is 17.8 Å². The first-order valence-corrected chi connectivity index (χ1v) is 8.35. The Balaban J connectivity index is 0.00000208. The van der Waals surface area contributed by atoms with E-state index in [-0.39, 0.29) is 24.0 Å². The Morgan fingerprint density at radius 3 is 2.58 bits per heavy atom. The summed E-state index contributed by atoms with van der Waals surface area (Å²) in [4.78, 5) is 6.82.